The average Bonchev–Trinajstić information content (AvgIpc) is 2.62. The van der Waals surface area contributed by atoms with E-state index in [1.807, 2.05) is 13.8 Å². The molecular weight excluding hydrogens is 232 g/mol. The first-order valence-electron chi connectivity index (χ1n) is 6.67. The lowest BCUT2D eigenvalue weighted by Crippen LogP contribution is -2.48. The zero-order valence-electron chi connectivity index (χ0n) is 11.4. The molecule has 0 aromatic rings. The second-order valence-electron chi connectivity index (χ2n) is 5.68. The van der Waals surface area contributed by atoms with Crippen LogP contribution < -0.4 is 10.6 Å². The maximum atomic E-state index is 11.8. The molecule has 104 valence electrons. The van der Waals surface area contributed by atoms with Crippen LogP contribution in [0.1, 0.15) is 46.5 Å². The number of hydrogen-bond acceptors (Lipinski definition) is 2. The molecule has 5 nitrogen and oxygen atoms in total. The predicted octanol–water partition coefficient (Wildman–Crippen LogP) is 1.97. The topological polar surface area (TPSA) is 78.4 Å². The number of nitrogens with one attached hydrogen (secondary N) is 2. The van der Waals surface area contributed by atoms with E-state index in [-0.39, 0.29) is 30.5 Å². The molecule has 0 saturated heterocycles. The third-order valence-electron chi connectivity index (χ3n) is 3.55. The number of hydrogen-bond donors (Lipinski definition) is 3. The Labute approximate surface area is 108 Å². The van der Waals surface area contributed by atoms with Crippen LogP contribution in [0.4, 0.5) is 4.79 Å². The molecule has 1 rings (SSSR count). The summed E-state index contributed by atoms with van der Waals surface area (Å²) in [5.41, 5.74) is 0. The normalized spacial score (nSPS) is 24.9. The summed E-state index contributed by atoms with van der Waals surface area (Å²) in [6, 6.07) is -0.326. The molecule has 0 aliphatic heterocycles. The third kappa shape index (κ3) is 4.94. The van der Waals surface area contributed by atoms with Gasteiger partial charge in [0.05, 0.1) is 6.42 Å². The second-order valence-corrected chi connectivity index (χ2v) is 5.68. The van der Waals surface area contributed by atoms with Gasteiger partial charge in [0, 0.05) is 12.1 Å². The van der Waals surface area contributed by atoms with Crippen molar-refractivity contribution in [2.24, 2.45) is 11.8 Å². The average molecular weight is 256 g/mol. The molecule has 1 fully saturated rings. The van der Waals surface area contributed by atoms with E-state index in [1.54, 1.807) is 0 Å². The van der Waals surface area contributed by atoms with E-state index in [2.05, 4.69) is 17.6 Å². The van der Waals surface area contributed by atoms with Gasteiger partial charge in [0.25, 0.3) is 0 Å². The highest BCUT2D eigenvalue weighted by molar-refractivity contribution is 5.76. The van der Waals surface area contributed by atoms with Crippen LogP contribution in [0.5, 0.6) is 0 Å². The minimum atomic E-state index is -0.886. The lowest BCUT2D eigenvalue weighted by Gasteiger charge is -2.22. The number of carboxylic acids is 1. The van der Waals surface area contributed by atoms with Gasteiger partial charge in [-0.25, -0.2) is 4.79 Å². The number of urea groups is 1. The van der Waals surface area contributed by atoms with Crippen LogP contribution in [0.2, 0.25) is 0 Å². The third-order valence-corrected chi connectivity index (χ3v) is 3.55. The Bertz CT molecular complexity index is 305. The molecule has 1 saturated carbocycles. The van der Waals surface area contributed by atoms with Crippen molar-refractivity contribution < 1.29 is 14.7 Å². The maximum absolute atomic E-state index is 11.8. The molecule has 1 aliphatic rings. The van der Waals surface area contributed by atoms with Crippen molar-refractivity contribution in [3.8, 4) is 0 Å². The molecule has 0 heterocycles. The molecule has 1 aliphatic carbocycles. The maximum Gasteiger partial charge on any atom is 0.315 e. The lowest BCUT2D eigenvalue weighted by molar-refractivity contribution is -0.137. The molecule has 0 bridgehead atoms. The largest absolute Gasteiger partial charge is 0.481 e. The first-order chi connectivity index (χ1) is 8.38. The van der Waals surface area contributed by atoms with Crippen LogP contribution in [0.25, 0.3) is 0 Å². The minimum Gasteiger partial charge on any atom is -0.481 e. The molecule has 3 unspecified atom stereocenters. The fourth-order valence-electron chi connectivity index (χ4n) is 2.38. The zero-order chi connectivity index (χ0) is 13.7. The van der Waals surface area contributed by atoms with Crippen LogP contribution in [0, 0.1) is 11.8 Å². The molecule has 0 aromatic carbocycles. The van der Waals surface area contributed by atoms with Gasteiger partial charge in [-0.2, -0.15) is 0 Å². The highest BCUT2D eigenvalue weighted by Crippen LogP contribution is 2.24. The van der Waals surface area contributed by atoms with E-state index in [1.165, 1.54) is 0 Å². The first-order valence-corrected chi connectivity index (χ1v) is 6.67. The monoisotopic (exact) mass is 256 g/mol. The molecule has 18 heavy (non-hydrogen) atoms. The summed E-state index contributed by atoms with van der Waals surface area (Å²) in [5.74, 6) is -0.118. The van der Waals surface area contributed by atoms with Crippen LogP contribution in [-0.4, -0.2) is 29.2 Å². The number of carbonyl (C=O) groups is 2. The van der Waals surface area contributed by atoms with Crippen LogP contribution in [0.3, 0.4) is 0 Å². The van der Waals surface area contributed by atoms with Crippen molar-refractivity contribution in [1.82, 2.24) is 10.6 Å². The molecule has 5 heteroatoms. The van der Waals surface area contributed by atoms with Gasteiger partial charge in [-0.1, -0.05) is 20.8 Å². The Balaban J connectivity index is 2.38. The van der Waals surface area contributed by atoms with Crippen LogP contribution in [-0.2, 0) is 4.79 Å². The highest BCUT2D eigenvalue weighted by atomic mass is 16.4. The molecule has 0 aromatic heterocycles. The van der Waals surface area contributed by atoms with Gasteiger partial charge in [0.1, 0.15) is 0 Å². The summed E-state index contributed by atoms with van der Waals surface area (Å²) in [7, 11) is 0. The van der Waals surface area contributed by atoms with E-state index in [0.29, 0.717) is 5.92 Å². The Morgan fingerprint density at radius 2 is 2.00 bits per heavy atom. The smallest absolute Gasteiger partial charge is 0.315 e. The Morgan fingerprint density at radius 1 is 1.33 bits per heavy atom. The molecule has 3 atom stereocenters. The van der Waals surface area contributed by atoms with Crippen molar-refractivity contribution >= 4 is 12.0 Å². The molecule has 3 N–H and O–H groups in total. The number of carbonyl (C=O) groups excluding carboxylic acids is 1. The van der Waals surface area contributed by atoms with Gasteiger partial charge in [-0.15, -0.1) is 0 Å². The molecular formula is C13H24N2O3. The summed E-state index contributed by atoms with van der Waals surface area (Å²) < 4.78 is 0. The lowest BCUT2D eigenvalue weighted by atomic mass is 10.0. The van der Waals surface area contributed by atoms with Gasteiger partial charge in [0.15, 0.2) is 0 Å². The summed E-state index contributed by atoms with van der Waals surface area (Å²) in [5, 5.41) is 14.5. The SMILES string of the molecule is CC1CCC(NC(=O)NC(CC(=O)O)C(C)C)C1. The molecule has 2 amide bonds. The van der Waals surface area contributed by atoms with Crippen molar-refractivity contribution in [3.63, 3.8) is 0 Å². The number of aliphatic carboxylic acids is 1. The quantitative estimate of drug-likeness (QED) is 0.703. The van der Waals surface area contributed by atoms with E-state index in [9.17, 15) is 9.59 Å². The summed E-state index contributed by atoms with van der Waals surface area (Å²) in [6.45, 7) is 6.00. The van der Waals surface area contributed by atoms with Crippen molar-refractivity contribution in [1.29, 1.82) is 0 Å². The Morgan fingerprint density at radius 3 is 2.44 bits per heavy atom. The van der Waals surface area contributed by atoms with Crippen molar-refractivity contribution in [2.75, 3.05) is 0 Å². The molecule has 0 radical (unpaired) electrons. The number of amides is 2. The van der Waals surface area contributed by atoms with E-state index >= 15 is 0 Å². The van der Waals surface area contributed by atoms with Crippen LogP contribution in [0.15, 0.2) is 0 Å². The standard InChI is InChI=1S/C13H24N2O3/c1-8(2)11(7-12(16)17)15-13(18)14-10-5-4-9(3)6-10/h8-11H,4-7H2,1-3H3,(H,16,17)(H2,14,15,18). The van der Waals surface area contributed by atoms with Gasteiger partial charge in [-0.3, -0.25) is 4.79 Å². The van der Waals surface area contributed by atoms with Crippen molar-refractivity contribution in [2.45, 2.75) is 58.5 Å². The summed E-state index contributed by atoms with van der Waals surface area (Å²) >= 11 is 0. The number of carboxylic acid groups (broad SMARTS) is 1. The summed E-state index contributed by atoms with van der Waals surface area (Å²) in [6.07, 6.45) is 3.14. The molecule has 0 spiro atoms. The zero-order valence-corrected chi connectivity index (χ0v) is 11.4. The predicted molar refractivity (Wildman–Crippen MR) is 69.3 cm³/mol. The van der Waals surface area contributed by atoms with Gasteiger partial charge in [-0.05, 0) is 31.1 Å². The minimum absolute atomic E-state index is 0.0356. The Hall–Kier alpha value is -1.26. The van der Waals surface area contributed by atoms with Gasteiger partial charge in [0.2, 0.25) is 0 Å². The first kappa shape index (κ1) is 14.8. The fourth-order valence-corrected chi connectivity index (χ4v) is 2.38. The van der Waals surface area contributed by atoms with Crippen LogP contribution >= 0.6 is 0 Å². The Kier molecular flexibility index (Phi) is 5.44. The number of rotatable bonds is 5. The van der Waals surface area contributed by atoms with E-state index in [4.69, 9.17) is 5.11 Å². The van der Waals surface area contributed by atoms with E-state index in [0.717, 1.165) is 19.3 Å². The van der Waals surface area contributed by atoms with Gasteiger partial charge >= 0.3 is 12.0 Å². The highest BCUT2D eigenvalue weighted by Gasteiger charge is 2.24. The van der Waals surface area contributed by atoms with Gasteiger partial charge < -0.3 is 15.7 Å². The second kappa shape index (κ2) is 6.61. The van der Waals surface area contributed by atoms with Crippen molar-refractivity contribution in [3.05, 3.63) is 0 Å². The van der Waals surface area contributed by atoms with E-state index < -0.39 is 5.97 Å². The summed E-state index contributed by atoms with van der Waals surface area (Å²) in [4.78, 5) is 22.5. The fraction of sp³-hybridized carbons (Fsp3) is 0.846.